The molecule has 1 aromatic heterocycles. The number of hydrogen-bond donors (Lipinski definition) is 0. The minimum Gasteiger partial charge on any atom is -0.309 e. The summed E-state index contributed by atoms with van der Waals surface area (Å²) in [7, 11) is -1.75. The molecule has 0 unspecified atom stereocenters. The number of rotatable bonds is 5. The molecule has 0 N–H and O–H groups in total. The molecule has 45 heavy (non-hydrogen) atoms. The van der Waals surface area contributed by atoms with Crippen molar-refractivity contribution in [3.8, 4) is 16.8 Å². The molecule has 0 spiro atoms. The van der Waals surface area contributed by atoms with Crippen LogP contribution in [0.1, 0.15) is 11.1 Å². The molecule has 0 radical (unpaired) electrons. The maximum Gasteiger partial charge on any atom is 0.0541 e. The number of fused-ring (bicyclic) bond motifs is 6. The Balaban J connectivity index is 1.29. The van der Waals surface area contributed by atoms with Crippen molar-refractivity contribution < 1.29 is 0 Å². The molecule has 8 aromatic rings. The van der Waals surface area contributed by atoms with Crippen molar-refractivity contribution in [1.29, 1.82) is 0 Å². The fourth-order valence-corrected chi connectivity index (χ4v) is 11.3. The van der Waals surface area contributed by atoms with Crippen LogP contribution >= 0.6 is 10.0 Å². The van der Waals surface area contributed by atoms with Gasteiger partial charge in [0.1, 0.15) is 0 Å². The molecule has 9 rings (SSSR count). The molecule has 0 saturated carbocycles. The summed E-state index contributed by atoms with van der Waals surface area (Å²) in [6.07, 6.45) is 0.961. The maximum absolute atomic E-state index is 2.51. The van der Waals surface area contributed by atoms with E-state index in [1.54, 1.807) is 0 Å². The van der Waals surface area contributed by atoms with Gasteiger partial charge in [-0.1, -0.05) is 103 Å². The van der Waals surface area contributed by atoms with Crippen molar-refractivity contribution in [2.45, 2.75) is 26.0 Å². The molecule has 0 amide bonds. The Morgan fingerprint density at radius 2 is 0.822 bits per heavy atom. The maximum atomic E-state index is 2.51. The van der Waals surface area contributed by atoms with E-state index in [-0.39, 0.29) is 0 Å². The lowest BCUT2D eigenvalue weighted by atomic mass is 10.1. The van der Waals surface area contributed by atoms with Crippen molar-refractivity contribution in [1.82, 2.24) is 4.57 Å². The van der Waals surface area contributed by atoms with Crippen LogP contribution in [0.15, 0.2) is 196 Å². The van der Waals surface area contributed by atoms with Gasteiger partial charge in [-0.2, -0.15) is 0 Å². The van der Waals surface area contributed by atoms with E-state index in [1.807, 2.05) is 0 Å². The molecule has 214 valence electrons. The van der Waals surface area contributed by atoms with Crippen LogP contribution < -0.4 is 0 Å². The van der Waals surface area contributed by atoms with Crippen molar-refractivity contribution in [3.05, 3.63) is 187 Å². The average molecular weight is 594 g/mol. The van der Waals surface area contributed by atoms with Gasteiger partial charge in [0.2, 0.25) is 0 Å². The van der Waals surface area contributed by atoms with Crippen LogP contribution in [-0.2, 0) is 6.42 Å². The Bertz CT molecular complexity index is 2190. The highest BCUT2D eigenvalue weighted by Gasteiger charge is 2.34. The van der Waals surface area contributed by atoms with E-state index < -0.39 is 10.0 Å². The summed E-state index contributed by atoms with van der Waals surface area (Å²) in [6.45, 7) is 0. The van der Waals surface area contributed by atoms with Crippen molar-refractivity contribution >= 4 is 31.8 Å². The summed E-state index contributed by atoms with van der Waals surface area (Å²) >= 11 is 0. The second kappa shape index (κ2) is 10.4. The van der Waals surface area contributed by atoms with Gasteiger partial charge in [0.15, 0.2) is 0 Å². The molecule has 0 bridgehead atoms. The van der Waals surface area contributed by atoms with E-state index >= 15 is 0 Å². The fraction of sp³-hybridized carbons (Fsp3) is 0.0233. The average Bonchev–Trinajstić information content (AvgIpc) is 3.65. The number of benzene rings is 7. The fourth-order valence-electron chi connectivity index (χ4n) is 7.36. The van der Waals surface area contributed by atoms with Crippen LogP contribution in [-0.4, -0.2) is 4.57 Å². The van der Waals surface area contributed by atoms with Gasteiger partial charge in [-0.15, -0.1) is 10.0 Å². The largest absolute Gasteiger partial charge is 0.309 e. The third-order valence-electron chi connectivity index (χ3n) is 9.33. The summed E-state index contributed by atoms with van der Waals surface area (Å²) in [4.78, 5) is 5.40. The van der Waals surface area contributed by atoms with Crippen molar-refractivity contribution in [2.75, 3.05) is 0 Å². The number of aromatic nitrogens is 1. The third-order valence-corrected chi connectivity index (χ3v) is 13.2. The van der Waals surface area contributed by atoms with Gasteiger partial charge in [-0.3, -0.25) is 0 Å². The van der Waals surface area contributed by atoms with Gasteiger partial charge < -0.3 is 4.57 Å². The molecule has 0 fully saturated rings. The monoisotopic (exact) mass is 593 g/mol. The first-order valence-electron chi connectivity index (χ1n) is 15.6. The first kappa shape index (κ1) is 26.1. The lowest BCUT2D eigenvalue weighted by Crippen LogP contribution is -2.05. The third kappa shape index (κ3) is 3.96. The highest BCUT2D eigenvalue weighted by Crippen LogP contribution is 2.73. The molecule has 0 atom stereocenters. The van der Waals surface area contributed by atoms with Crippen LogP contribution in [0.3, 0.4) is 0 Å². The Hall–Kier alpha value is -5.31. The first-order chi connectivity index (χ1) is 22.3. The smallest absolute Gasteiger partial charge is 0.0541 e. The second-order valence-electron chi connectivity index (χ2n) is 11.8. The van der Waals surface area contributed by atoms with Crippen molar-refractivity contribution in [2.24, 2.45) is 0 Å². The lowest BCUT2D eigenvalue weighted by Gasteiger charge is -2.42. The number of para-hydroxylation sites is 2. The Kier molecular flexibility index (Phi) is 6.04. The van der Waals surface area contributed by atoms with Crippen LogP contribution in [0.2, 0.25) is 0 Å². The van der Waals surface area contributed by atoms with Gasteiger partial charge in [-0.05, 0) is 101 Å². The van der Waals surface area contributed by atoms with E-state index in [0.717, 1.165) is 6.42 Å². The Morgan fingerprint density at radius 1 is 0.378 bits per heavy atom. The zero-order chi connectivity index (χ0) is 29.8. The molecule has 1 aliphatic rings. The van der Waals surface area contributed by atoms with Crippen LogP contribution in [0.25, 0.3) is 38.6 Å². The van der Waals surface area contributed by atoms with E-state index in [2.05, 4.69) is 180 Å². The predicted molar refractivity (Wildman–Crippen MR) is 189 cm³/mol. The van der Waals surface area contributed by atoms with Gasteiger partial charge in [0.05, 0.1) is 11.0 Å². The summed E-state index contributed by atoms with van der Waals surface area (Å²) < 4.78 is 2.43. The zero-order valence-electron chi connectivity index (χ0n) is 24.8. The molecule has 0 aliphatic heterocycles. The molecule has 2 heteroatoms. The van der Waals surface area contributed by atoms with Crippen LogP contribution in [0, 0.1) is 0 Å². The standard InChI is InChI=1S/C43H31NS/c1-4-14-34(15-5-1)45(35-16-6-2-7-17-35,36-18-8-3-9-19-36)37-27-25-32-28-31-24-26-33(29-40(31)41(32)30-37)44-42-22-12-10-20-38(42)39-21-11-13-23-43(39)44/h1-27,29-30H,28H2. The summed E-state index contributed by atoms with van der Waals surface area (Å²) in [6, 6.07) is 65.3. The van der Waals surface area contributed by atoms with Crippen LogP contribution in [0.4, 0.5) is 0 Å². The highest BCUT2D eigenvalue weighted by molar-refractivity contribution is 8.34. The number of nitrogens with zero attached hydrogens (tertiary/aromatic N) is 1. The molecule has 1 nitrogen and oxygen atoms in total. The minimum absolute atomic E-state index is 0.961. The molecule has 7 aromatic carbocycles. The molecular weight excluding hydrogens is 563 g/mol. The Morgan fingerprint density at radius 3 is 1.36 bits per heavy atom. The zero-order valence-corrected chi connectivity index (χ0v) is 25.6. The van der Waals surface area contributed by atoms with E-state index in [9.17, 15) is 0 Å². The summed E-state index contributed by atoms with van der Waals surface area (Å²) in [5, 5.41) is 2.58. The van der Waals surface area contributed by atoms with Gasteiger partial charge >= 0.3 is 0 Å². The second-order valence-corrected chi connectivity index (χ2v) is 14.9. The summed E-state index contributed by atoms with van der Waals surface area (Å²) in [5.74, 6) is 0. The first-order valence-corrected chi connectivity index (χ1v) is 17.2. The topological polar surface area (TPSA) is 4.93 Å². The molecular formula is C43H31NS. The van der Waals surface area contributed by atoms with Gasteiger partial charge in [-0.25, -0.2) is 0 Å². The highest BCUT2D eigenvalue weighted by atomic mass is 32.3. The van der Waals surface area contributed by atoms with Gasteiger partial charge in [0, 0.05) is 36.0 Å². The SMILES string of the molecule is c1ccc(S(c2ccccc2)(c2ccccc2)c2ccc3c(c2)-c2cc(-n4c5ccccc5c5ccccc54)ccc2C3)cc1. The number of hydrogen-bond acceptors (Lipinski definition) is 0. The summed E-state index contributed by atoms with van der Waals surface area (Å²) in [5.41, 5.74) is 9.18. The van der Waals surface area contributed by atoms with E-state index in [4.69, 9.17) is 0 Å². The normalized spacial score (nSPS) is 12.7. The lowest BCUT2D eigenvalue weighted by molar-refractivity contribution is 1.17. The van der Waals surface area contributed by atoms with Crippen LogP contribution in [0.5, 0.6) is 0 Å². The van der Waals surface area contributed by atoms with E-state index in [0.29, 0.717) is 0 Å². The molecule has 1 heterocycles. The van der Waals surface area contributed by atoms with Gasteiger partial charge in [0.25, 0.3) is 0 Å². The quantitative estimate of drug-likeness (QED) is 0.187. The Labute approximate surface area is 265 Å². The minimum atomic E-state index is -1.75. The van der Waals surface area contributed by atoms with E-state index in [1.165, 1.54) is 69.3 Å². The molecule has 0 saturated heterocycles. The van der Waals surface area contributed by atoms with Crippen molar-refractivity contribution in [3.63, 3.8) is 0 Å². The molecule has 1 aliphatic carbocycles. The predicted octanol–water partition coefficient (Wildman–Crippen LogP) is 11.7.